The highest BCUT2D eigenvalue weighted by Crippen LogP contribution is 2.44. The number of hydrogen-bond acceptors (Lipinski definition) is 2. The zero-order chi connectivity index (χ0) is 25.0. The summed E-state index contributed by atoms with van der Waals surface area (Å²) in [6, 6.07) is 0. The van der Waals surface area contributed by atoms with Crippen LogP contribution >= 0.6 is 0 Å². The van der Waals surface area contributed by atoms with Crippen LogP contribution in [0, 0.1) is 23.7 Å². The minimum atomic E-state index is 0.615. The summed E-state index contributed by atoms with van der Waals surface area (Å²) in [5.74, 6) is 6.51. The standard InChI is InChI=1S/C34H58N2/c1-3-5-7-8-10-12-28-13-17-29(18-14-28)30-21-23-31(24-22-30)33-25-35-34(36-26-33)32-19-15-27(16-20-32)11-9-6-4-2/h25-32H,3-24H2,1-2H3/t27-,28-,29-,30-,31-,32-. The lowest BCUT2D eigenvalue weighted by atomic mass is 9.68. The van der Waals surface area contributed by atoms with Gasteiger partial charge in [0.1, 0.15) is 5.82 Å². The predicted molar refractivity (Wildman–Crippen MR) is 154 cm³/mol. The average Bonchev–Trinajstić information content (AvgIpc) is 2.94. The molecular formula is C34H58N2. The fourth-order valence-electron chi connectivity index (χ4n) is 8.07. The van der Waals surface area contributed by atoms with Gasteiger partial charge in [0.25, 0.3) is 0 Å². The van der Waals surface area contributed by atoms with Gasteiger partial charge >= 0.3 is 0 Å². The Bertz CT molecular complexity index is 688. The highest BCUT2D eigenvalue weighted by molar-refractivity contribution is 5.14. The van der Waals surface area contributed by atoms with Crippen molar-refractivity contribution < 1.29 is 0 Å². The first-order valence-electron chi connectivity index (χ1n) is 16.6. The van der Waals surface area contributed by atoms with E-state index in [-0.39, 0.29) is 0 Å². The van der Waals surface area contributed by atoms with Crippen LogP contribution in [-0.2, 0) is 0 Å². The number of rotatable bonds is 13. The molecule has 36 heavy (non-hydrogen) atoms. The van der Waals surface area contributed by atoms with E-state index in [0.29, 0.717) is 11.8 Å². The van der Waals surface area contributed by atoms with E-state index in [1.807, 2.05) is 0 Å². The van der Waals surface area contributed by atoms with E-state index in [1.165, 1.54) is 147 Å². The summed E-state index contributed by atoms with van der Waals surface area (Å²) in [6.07, 6.45) is 35.9. The second-order valence-corrected chi connectivity index (χ2v) is 13.2. The van der Waals surface area contributed by atoms with Gasteiger partial charge in [0.05, 0.1) is 0 Å². The molecular weight excluding hydrogens is 436 g/mol. The molecule has 3 aliphatic carbocycles. The lowest BCUT2D eigenvalue weighted by Gasteiger charge is -2.38. The van der Waals surface area contributed by atoms with Gasteiger partial charge in [-0.15, -0.1) is 0 Å². The second-order valence-electron chi connectivity index (χ2n) is 13.2. The third-order valence-corrected chi connectivity index (χ3v) is 10.6. The maximum atomic E-state index is 4.92. The van der Waals surface area contributed by atoms with Crippen LogP contribution in [0.4, 0.5) is 0 Å². The van der Waals surface area contributed by atoms with E-state index >= 15 is 0 Å². The summed E-state index contributed by atoms with van der Waals surface area (Å²) in [7, 11) is 0. The number of aromatic nitrogens is 2. The Balaban J connectivity index is 1.13. The van der Waals surface area contributed by atoms with Crippen molar-refractivity contribution in [3.8, 4) is 0 Å². The Hall–Kier alpha value is -0.920. The maximum Gasteiger partial charge on any atom is 0.131 e. The van der Waals surface area contributed by atoms with E-state index in [1.54, 1.807) is 0 Å². The van der Waals surface area contributed by atoms with E-state index in [2.05, 4.69) is 26.2 Å². The molecule has 0 amide bonds. The molecule has 0 unspecified atom stereocenters. The highest BCUT2D eigenvalue weighted by Gasteiger charge is 2.31. The van der Waals surface area contributed by atoms with Crippen molar-refractivity contribution in [2.45, 2.75) is 167 Å². The smallest absolute Gasteiger partial charge is 0.131 e. The summed E-state index contributed by atoms with van der Waals surface area (Å²) in [5.41, 5.74) is 1.43. The Labute approximate surface area is 224 Å². The first kappa shape index (κ1) is 28.1. The van der Waals surface area contributed by atoms with Gasteiger partial charge in [0.2, 0.25) is 0 Å². The molecule has 4 rings (SSSR count). The van der Waals surface area contributed by atoms with E-state index in [0.717, 1.165) is 29.5 Å². The zero-order valence-corrected chi connectivity index (χ0v) is 24.1. The minimum Gasteiger partial charge on any atom is -0.241 e. The summed E-state index contributed by atoms with van der Waals surface area (Å²) in [6.45, 7) is 4.63. The van der Waals surface area contributed by atoms with Crippen LogP contribution in [0.1, 0.15) is 178 Å². The molecule has 0 N–H and O–H groups in total. The Morgan fingerprint density at radius 3 is 1.56 bits per heavy atom. The van der Waals surface area contributed by atoms with Crippen molar-refractivity contribution in [3.63, 3.8) is 0 Å². The van der Waals surface area contributed by atoms with Crippen molar-refractivity contribution in [2.24, 2.45) is 23.7 Å². The molecule has 0 spiro atoms. The number of unbranched alkanes of at least 4 members (excludes halogenated alkanes) is 6. The van der Waals surface area contributed by atoms with Crippen molar-refractivity contribution in [1.29, 1.82) is 0 Å². The molecule has 0 radical (unpaired) electrons. The Morgan fingerprint density at radius 2 is 0.972 bits per heavy atom. The van der Waals surface area contributed by atoms with Gasteiger partial charge in [-0.2, -0.15) is 0 Å². The molecule has 0 atom stereocenters. The van der Waals surface area contributed by atoms with Gasteiger partial charge in [0, 0.05) is 18.3 Å². The molecule has 0 bridgehead atoms. The monoisotopic (exact) mass is 494 g/mol. The van der Waals surface area contributed by atoms with Crippen LogP contribution in [-0.4, -0.2) is 9.97 Å². The fraction of sp³-hybridized carbons (Fsp3) is 0.882. The SMILES string of the molecule is CCCCCCC[C@H]1CC[C@H]([C@H]2CC[C@H](c3cnc([C@H]4CC[C@H](CCCCC)CC4)nc3)CC2)CC1. The molecule has 0 aromatic carbocycles. The molecule has 3 aliphatic rings. The Kier molecular flexibility index (Phi) is 12.1. The van der Waals surface area contributed by atoms with Gasteiger partial charge in [-0.05, 0) is 99.4 Å². The third kappa shape index (κ3) is 8.56. The second kappa shape index (κ2) is 15.5. The lowest BCUT2D eigenvalue weighted by Crippen LogP contribution is -2.25. The maximum absolute atomic E-state index is 4.92. The molecule has 1 aromatic rings. The normalized spacial score (nSPS) is 31.4. The topological polar surface area (TPSA) is 25.8 Å². The van der Waals surface area contributed by atoms with E-state index in [4.69, 9.17) is 9.97 Å². The minimum absolute atomic E-state index is 0.615. The van der Waals surface area contributed by atoms with E-state index < -0.39 is 0 Å². The van der Waals surface area contributed by atoms with Gasteiger partial charge in [0.15, 0.2) is 0 Å². The van der Waals surface area contributed by atoms with Crippen LogP contribution in [0.2, 0.25) is 0 Å². The largest absolute Gasteiger partial charge is 0.241 e. The average molecular weight is 495 g/mol. The van der Waals surface area contributed by atoms with Crippen molar-refractivity contribution in [3.05, 3.63) is 23.8 Å². The third-order valence-electron chi connectivity index (χ3n) is 10.6. The predicted octanol–water partition coefficient (Wildman–Crippen LogP) is 10.8. The molecule has 3 fully saturated rings. The van der Waals surface area contributed by atoms with Gasteiger partial charge in [-0.25, -0.2) is 9.97 Å². The molecule has 1 heterocycles. The van der Waals surface area contributed by atoms with E-state index in [9.17, 15) is 0 Å². The Morgan fingerprint density at radius 1 is 0.528 bits per heavy atom. The zero-order valence-electron chi connectivity index (χ0n) is 24.1. The van der Waals surface area contributed by atoms with Crippen LogP contribution in [0.5, 0.6) is 0 Å². The van der Waals surface area contributed by atoms with Crippen LogP contribution < -0.4 is 0 Å². The first-order valence-corrected chi connectivity index (χ1v) is 16.6. The van der Waals surface area contributed by atoms with Gasteiger partial charge < -0.3 is 0 Å². The van der Waals surface area contributed by atoms with Crippen LogP contribution in [0.15, 0.2) is 12.4 Å². The summed E-state index contributed by atoms with van der Waals surface area (Å²) >= 11 is 0. The fourth-order valence-corrected chi connectivity index (χ4v) is 8.07. The van der Waals surface area contributed by atoms with Crippen LogP contribution in [0.25, 0.3) is 0 Å². The van der Waals surface area contributed by atoms with Crippen molar-refractivity contribution >= 4 is 0 Å². The van der Waals surface area contributed by atoms with Gasteiger partial charge in [-0.1, -0.05) is 90.9 Å². The molecule has 0 saturated heterocycles. The molecule has 1 aromatic heterocycles. The summed E-state index contributed by atoms with van der Waals surface area (Å²) < 4.78 is 0. The molecule has 2 nitrogen and oxygen atoms in total. The number of nitrogens with zero attached hydrogens (tertiary/aromatic N) is 2. The van der Waals surface area contributed by atoms with Crippen molar-refractivity contribution in [1.82, 2.24) is 9.97 Å². The molecule has 0 aliphatic heterocycles. The highest BCUT2D eigenvalue weighted by atomic mass is 14.9. The van der Waals surface area contributed by atoms with Gasteiger partial charge in [-0.3, -0.25) is 0 Å². The quantitative estimate of drug-likeness (QED) is 0.255. The molecule has 2 heteroatoms. The number of hydrogen-bond donors (Lipinski definition) is 0. The lowest BCUT2D eigenvalue weighted by molar-refractivity contribution is 0.155. The molecule has 3 saturated carbocycles. The first-order chi connectivity index (χ1) is 17.8. The summed E-state index contributed by atoms with van der Waals surface area (Å²) in [5, 5.41) is 0. The van der Waals surface area contributed by atoms with Crippen LogP contribution in [0.3, 0.4) is 0 Å². The molecule has 204 valence electrons. The van der Waals surface area contributed by atoms with Crippen molar-refractivity contribution in [2.75, 3.05) is 0 Å². The summed E-state index contributed by atoms with van der Waals surface area (Å²) in [4.78, 5) is 9.85.